The summed E-state index contributed by atoms with van der Waals surface area (Å²) in [5.41, 5.74) is 2.64. The molecule has 0 saturated heterocycles. The van der Waals surface area contributed by atoms with Crippen molar-refractivity contribution in [3.05, 3.63) is 70.5 Å². The Morgan fingerprint density at radius 2 is 2.04 bits per heavy atom. The fourth-order valence-corrected chi connectivity index (χ4v) is 3.20. The Morgan fingerprint density at radius 3 is 2.68 bits per heavy atom. The molecular weight excluding hydrogens is 343 g/mol. The molecule has 3 rings (SSSR count). The van der Waals surface area contributed by atoms with E-state index in [1.54, 1.807) is 36.0 Å². The number of pyridine rings is 2. The first-order valence-corrected chi connectivity index (χ1v) is 8.05. The lowest BCUT2D eigenvalue weighted by atomic mass is 9.92. The van der Waals surface area contributed by atoms with Gasteiger partial charge in [-0.2, -0.15) is 0 Å². The number of imidazole rings is 1. The van der Waals surface area contributed by atoms with Gasteiger partial charge in [0, 0.05) is 18.0 Å². The van der Waals surface area contributed by atoms with E-state index in [1.807, 2.05) is 6.92 Å². The molecule has 3 heterocycles. The number of aromatic nitrogens is 4. The summed E-state index contributed by atoms with van der Waals surface area (Å²) in [6.45, 7) is 5.16. The summed E-state index contributed by atoms with van der Waals surface area (Å²) in [6, 6.07) is 4.78. The fraction of sp³-hybridized carbons (Fsp3) is 0.222. The maximum absolute atomic E-state index is 13.5. The molecule has 1 atom stereocenters. The lowest BCUT2D eigenvalue weighted by molar-refractivity contribution is -0.117. The Balaban J connectivity index is 2.16. The predicted molar refractivity (Wildman–Crippen MR) is 92.6 cm³/mol. The van der Waals surface area contributed by atoms with Gasteiger partial charge in [0.1, 0.15) is 22.6 Å². The number of hydrogen-bond donors (Lipinski definition) is 0. The second-order valence-electron chi connectivity index (χ2n) is 5.78. The molecule has 0 bridgehead atoms. The molecule has 25 heavy (non-hydrogen) atoms. The molecule has 128 valence electrons. The topological polar surface area (TPSA) is 60.7 Å². The van der Waals surface area contributed by atoms with Gasteiger partial charge in [-0.15, -0.1) is 0 Å². The van der Waals surface area contributed by atoms with Gasteiger partial charge in [0.25, 0.3) is 0 Å². The average Bonchev–Trinajstić information content (AvgIpc) is 2.82. The molecule has 3 aromatic rings. The second-order valence-corrected chi connectivity index (χ2v) is 6.17. The van der Waals surface area contributed by atoms with Crippen LogP contribution in [0, 0.1) is 19.7 Å². The van der Waals surface area contributed by atoms with Crippen molar-refractivity contribution < 1.29 is 9.18 Å². The van der Waals surface area contributed by atoms with Crippen molar-refractivity contribution in [1.29, 1.82) is 0 Å². The third kappa shape index (κ3) is 3.30. The van der Waals surface area contributed by atoms with Crippen LogP contribution in [-0.2, 0) is 4.79 Å². The summed E-state index contributed by atoms with van der Waals surface area (Å²) in [5, 5.41) is 0.312. The van der Waals surface area contributed by atoms with Crippen molar-refractivity contribution in [2.75, 3.05) is 0 Å². The third-order valence-corrected chi connectivity index (χ3v) is 4.23. The summed E-state index contributed by atoms with van der Waals surface area (Å²) in [5.74, 6) is -0.420. The minimum atomic E-state index is -0.568. The van der Waals surface area contributed by atoms with E-state index in [4.69, 9.17) is 11.6 Å². The largest absolute Gasteiger partial charge is 0.299 e. The number of halogens is 2. The SMILES string of the molecule is CC(=O)C(c1ccnc(Cl)c1)c1nc(C)n(-c2cncc(F)c2)c1C. The van der Waals surface area contributed by atoms with E-state index >= 15 is 0 Å². The molecule has 0 aromatic carbocycles. The molecule has 0 amide bonds. The lowest BCUT2D eigenvalue weighted by Crippen LogP contribution is -2.13. The molecule has 0 N–H and O–H groups in total. The quantitative estimate of drug-likeness (QED) is 0.666. The minimum Gasteiger partial charge on any atom is -0.299 e. The normalized spacial score (nSPS) is 12.2. The molecule has 0 aliphatic carbocycles. The predicted octanol–water partition coefficient (Wildman–Crippen LogP) is 3.79. The van der Waals surface area contributed by atoms with Gasteiger partial charge < -0.3 is 0 Å². The van der Waals surface area contributed by atoms with Crippen LogP contribution >= 0.6 is 11.6 Å². The molecular formula is C18H16ClFN4O. The Bertz CT molecular complexity index is 954. The van der Waals surface area contributed by atoms with Gasteiger partial charge in [0.2, 0.25) is 0 Å². The van der Waals surface area contributed by atoms with Crippen molar-refractivity contribution in [3.63, 3.8) is 0 Å². The van der Waals surface area contributed by atoms with Gasteiger partial charge in [-0.05, 0) is 38.5 Å². The first kappa shape index (κ1) is 17.2. The maximum Gasteiger partial charge on any atom is 0.143 e. The van der Waals surface area contributed by atoms with Crippen LogP contribution in [0.1, 0.15) is 35.6 Å². The molecule has 0 saturated carbocycles. The smallest absolute Gasteiger partial charge is 0.143 e. The van der Waals surface area contributed by atoms with E-state index in [0.717, 1.165) is 17.5 Å². The van der Waals surface area contributed by atoms with Gasteiger partial charge >= 0.3 is 0 Å². The highest BCUT2D eigenvalue weighted by atomic mass is 35.5. The standard InChI is InChI=1S/C18H16ClFN4O/c1-10-18(17(11(2)25)13-4-5-22-16(19)6-13)23-12(3)24(10)15-7-14(20)8-21-9-15/h4-9,17H,1-3H3. The van der Waals surface area contributed by atoms with Gasteiger partial charge in [0.05, 0.1) is 29.7 Å². The fourth-order valence-electron chi connectivity index (χ4n) is 3.02. The maximum atomic E-state index is 13.5. The van der Waals surface area contributed by atoms with Crippen LogP contribution in [0.5, 0.6) is 0 Å². The van der Waals surface area contributed by atoms with Crippen LogP contribution < -0.4 is 0 Å². The van der Waals surface area contributed by atoms with Crippen molar-refractivity contribution in [2.24, 2.45) is 0 Å². The number of nitrogens with zero attached hydrogens (tertiary/aromatic N) is 4. The van der Waals surface area contributed by atoms with Crippen molar-refractivity contribution in [2.45, 2.75) is 26.7 Å². The van der Waals surface area contributed by atoms with Crippen LogP contribution in [0.3, 0.4) is 0 Å². The number of ketones is 1. The molecule has 7 heteroatoms. The highest BCUT2D eigenvalue weighted by Crippen LogP contribution is 2.30. The molecule has 5 nitrogen and oxygen atoms in total. The Labute approximate surface area is 149 Å². The molecule has 1 unspecified atom stereocenters. The summed E-state index contributed by atoms with van der Waals surface area (Å²) < 4.78 is 15.3. The van der Waals surface area contributed by atoms with Gasteiger partial charge in [0.15, 0.2) is 0 Å². The highest BCUT2D eigenvalue weighted by Gasteiger charge is 2.26. The number of carbonyl (C=O) groups is 1. The first-order valence-electron chi connectivity index (χ1n) is 7.67. The molecule has 0 spiro atoms. The molecule has 3 aromatic heterocycles. The van der Waals surface area contributed by atoms with Crippen LogP contribution in [-0.4, -0.2) is 25.3 Å². The van der Waals surface area contributed by atoms with E-state index in [1.165, 1.54) is 13.0 Å². The van der Waals surface area contributed by atoms with Crippen LogP contribution in [0.25, 0.3) is 5.69 Å². The van der Waals surface area contributed by atoms with Gasteiger partial charge in [-0.3, -0.25) is 14.3 Å². The Hall–Kier alpha value is -2.60. The Kier molecular flexibility index (Phi) is 4.63. The van der Waals surface area contributed by atoms with E-state index in [-0.39, 0.29) is 5.78 Å². The van der Waals surface area contributed by atoms with E-state index in [9.17, 15) is 9.18 Å². The third-order valence-electron chi connectivity index (χ3n) is 4.02. The van der Waals surface area contributed by atoms with Gasteiger partial charge in [-0.1, -0.05) is 11.6 Å². The van der Waals surface area contributed by atoms with E-state index < -0.39 is 11.7 Å². The summed E-state index contributed by atoms with van der Waals surface area (Å²) in [7, 11) is 0. The zero-order valence-corrected chi connectivity index (χ0v) is 14.8. The number of rotatable bonds is 4. The summed E-state index contributed by atoms with van der Waals surface area (Å²) >= 11 is 5.97. The summed E-state index contributed by atoms with van der Waals surface area (Å²) in [4.78, 5) is 24.7. The molecule has 0 fully saturated rings. The van der Waals surface area contributed by atoms with Gasteiger partial charge in [-0.25, -0.2) is 14.4 Å². The molecule has 0 aliphatic heterocycles. The highest BCUT2D eigenvalue weighted by molar-refractivity contribution is 6.29. The van der Waals surface area contributed by atoms with Crippen molar-refractivity contribution >= 4 is 17.4 Å². The zero-order chi connectivity index (χ0) is 18.1. The van der Waals surface area contributed by atoms with Crippen molar-refractivity contribution in [1.82, 2.24) is 19.5 Å². The number of hydrogen-bond acceptors (Lipinski definition) is 4. The summed E-state index contributed by atoms with van der Waals surface area (Å²) in [6.07, 6.45) is 4.26. The average molecular weight is 359 g/mol. The van der Waals surface area contributed by atoms with Crippen molar-refractivity contribution in [3.8, 4) is 5.69 Å². The lowest BCUT2D eigenvalue weighted by Gasteiger charge is -2.14. The molecule has 0 radical (unpaired) electrons. The monoisotopic (exact) mass is 358 g/mol. The zero-order valence-electron chi connectivity index (χ0n) is 14.0. The molecule has 0 aliphatic rings. The van der Waals surface area contributed by atoms with Crippen LogP contribution in [0.15, 0.2) is 36.8 Å². The Morgan fingerprint density at radius 1 is 1.28 bits per heavy atom. The van der Waals surface area contributed by atoms with E-state index in [2.05, 4.69) is 15.0 Å². The number of carbonyl (C=O) groups excluding carboxylic acids is 1. The number of Topliss-reactive ketones (excluding diaryl/α,β-unsaturated/α-hetero) is 1. The van der Waals surface area contributed by atoms with Crippen LogP contribution in [0.2, 0.25) is 5.15 Å². The van der Waals surface area contributed by atoms with E-state index in [0.29, 0.717) is 22.4 Å². The number of aryl methyl sites for hydroxylation is 1. The first-order chi connectivity index (χ1) is 11.9. The second kappa shape index (κ2) is 6.72. The van der Waals surface area contributed by atoms with Crippen LogP contribution in [0.4, 0.5) is 4.39 Å². The minimum absolute atomic E-state index is 0.0626.